The Labute approximate surface area is 225 Å². The molecule has 0 bridgehead atoms. The Morgan fingerprint density at radius 2 is 1.80 bits per heavy atom. The minimum absolute atomic E-state index is 0.0860. The summed E-state index contributed by atoms with van der Waals surface area (Å²) in [6.45, 7) is 8.82. The van der Waals surface area contributed by atoms with Gasteiger partial charge in [0.1, 0.15) is 6.61 Å². The van der Waals surface area contributed by atoms with Crippen LogP contribution >= 0.6 is 34.8 Å². The van der Waals surface area contributed by atoms with Gasteiger partial charge in [0.25, 0.3) is 0 Å². The average Bonchev–Trinajstić information content (AvgIpc) is 3.14. The van der Waals surface area contributed by atoms with E-state index in [1.54, 1.807) is 0 Å². The van der Waals surface area contributed by atoms with Crippen molar-refractivity contribution in [2.75, 3.05) is 6.61 Å². The fourth-order valence-corrected chi connectivity index (χ4v) is 9.11. The molecule has 4 fully saturated rings. The molecule has 4 aliphatic carbocycles. The molecule has 0 radical (unpaired) electrons. The molecule has 7 heteroatoms. The Balaban J connectivity index is 1.49. The molecule has 0 aromatic rings. The number of esters is 1. The Bertz CT molecular complexity index is 867. The summed E-state index contributed by atoms with van der Waals surface area (Å²) in [5, 5.41) is 10.4. The van der Waals surface area contributed by atoms with Crippen molar-refractivity contribution in [3.63, 3.8) is 0 Å². The van der Waals surface area contributed by atoms with E-state index < -0.39 is 3.79 Å². The number of ether oxygens (including phenoxy) is 1. The smallest absolute Gasteiger partial charge is 0.305 e. The van der Waals surface area contributed by atoms with Gasteiger partial charge in [-0.25, -0.2) is 0 Å². The molecule has 0 aliphatic heterocycles. The number of halogens is 3. The van der Waals surface area contributed by atoms with Gasteiger partial charge in [0.15, 0.2) is 5.78 Å². The van der Waals surface area contributed by atoms with Crippen LogP contribution in [0.1, 0.15) is 85.5 Å². The summed E-state index contributed by atoms with van der Waals surface area (Å²) in [4.78, 5) is 26.2. The first-order valence-electron chi connectivity index (χ1n) is 13.4. The number of aliphatic hydroxyl groups excluding tert-OH is 1. The Kier molecular flexibility index (Phi) is 8.02. The molecule has 0 amide bonds. The highest BCUT2D eigenvalue weighted by atomic mass is 35.6. The summed E-state index contributed by atoms with van der Waals surface area (Å²) < 4.78 is 3.54. The quantitative estimate of drug-likeness (QED) is 0.227. The van der Waals surface area contributed by atoms with Gasteiger partial charge in [0.05, 0.1) is 6.10 Å². The maximum absolute atomic E-state index is 14.0. The van der Waals surface area contributed by atoms with Crippen molar-refractivity contribution in [3.8, 4) is 0 Å². The lowest BCUT2D eigenvalue weighted by molar-refractivity contribution is -0.150. The van der Waals surface area contributed by atoms with Gasteiger partial charge in [-0.2, -0.15) is 0 Å². The maximum atomic E-state index is 14.0. The molecule has 198 valence electrons. The highest BCUT2D eigenvalue weighted by molar-refractivity contribution is 6.67. The highest BCUT2D eigenvalue weighted by Crippen LogP contribution is 2.68. The Morgan fingerprint density at radius 3 is 2.46 bits per heavy atom. The summed E-state index contributed by atoms with van der Waals surface area (Å²) in [6.07, 6.45) is 9.78. The van der Waals surface area contributed by atoms with E-state index in [1.807, 2.05) is 13.0 Å². The van der Waals surface area contributed by atoms with Gasteiger partial charge in [-0.15, -0.1) is 0 Å². The van der Waals surface area contributed by atoms with Crippen LogP contribution in [0.15, 0.2) is 11.6 Å². The third kappa shape index (κ3) is 5.08. The van der Waals surface area contributed by atoms with Crippen molar-refractivity contribution >= 4 is 46.6 Å². The van der Waals surface area contributed by atoms with Crippen molar-refractivity contribution in [2.24, 2.45) is 46.3 Å². The van der Waals surface area contributed by atoms with Crippen molar-refractivity contribution in [1.29, 1.82) is 0 Å². The van der Waals surface area contributed by atoms with E-state index in [0.29, 0.717) is 35.9 Å². The average molecular weight is 548 g/mol. The van der Waals surface area contributed by atoms with Gasteiger partial charge in [0.2, 0.25) is 3.79 Å². The number of rotatable bonds is 5. The number of allylic oxidation sites excluding steroid dienone is 2. The summed E-state index contributed by atoms with van der Waals surface area (Å²) >= 11 is 17.1. The Morgan fingerprint density at radius 1 is 1.14 bits per heavy atom. The molecular formula is C28H41Cl3O4. The van der Waals surface area contributed by atoms with Crippen LogP contribution in [0.25, 0.3) is 0 Å². The van der Waals surface area contributed by atoms with Crippen molar-refractivity contribution in [3.05, 3.63) is 11.6 Å². The zero-order chi connectivity index (χ0) is 25.8. The predicted octanol–water partition coefficient (Wildman–Crippen LogP) is 7.07. The van der Waals surface area contributed by atoms with Crippen molar-refractivity contribution in [2.45, 2.75) is 95.4 Å². The van der Waals surface area contributed by atoms with Crippen LogP contribution in [-0.2, 0) is 14.3 Å². The zero-order valence-corrected chi connectivity index (χ0v) is 23.8. The maximum Gasteiger partial charge on any atom is 0.305 e. The molecule has 9 atom stereocenters. The monoisotopic (exact) mass is 546 g/mol. The number of carbonyl (C=O) groups is 2. The molecule has 4 nitrogen and oxygen atoms in total. The number of alkyl halides is 3. The van der Waals surface area contributed by atoms with E-state index in [4.69, 9.17) is 39.5 Å². The number of ketones is 1. The lowest BCUT2D eigenvalue weighted by Gasteiger charge is -2.61. The molecule has 0 heterocycles. The van der Waals surface area contributed by atoms with Crippen LogP contribution in [0.3, 0.4) is 0 Å². The van der Waals surface area contributed by atoms with Crippen LogP contribution < -0.4 is 0 Å². The number of fused-ring (bicyclic) bond motifs is 5. The van der Waals surface area contributed by atoms with E-state index in [-0.39, 0.29) is 41.3 Å². The SMILES string of the molecule is CC=C1C(=O)[C@@H]2[C@H](CC[C@]3(C)[C@@H]([C@H](C)CCC(=O)OCC(Cl)(Cl)Cl)CC[C@@H]23)[C@@]2(C)CC[C@@H](O)C[C@@H]12. The fraction of sp³-hybridized carbons (Fsp3) is 0.857. The molecule has 0 aromatic carbocycles. The van der Waals surface area contributed by atoms with Crippen LogP contribution in [-0.4, -0.2) is 33.4 Å². The first-order valence-corrected chi connectivity index (χ1v) is 14.6. The molecular weight excluding hydrogens is 507 g/mol. The molecule has 4 aliphatic rings. The van der Waals surface area contributed by atoms with Crippen LogP contribution in [0.2, 0.25) is 0 Å². The lowest BCUT2D eigenvalue weighted by Crippen LogP contribution is -2.58. The molecule has 0 aromatic heterocycles. The van der Waals surface area contributed by atoms with Crippen molar-refractivity contribution in [1.82, 2.24) is 0 Å². The summed E-state index contributed by atoms with van der Waals surface area (Å²) in [6, 6.07) is 0. The standard InChI is InChI=1S/C28H41Cl3O4/c1-5-18-22-14-17(32)10-12-27(22,4)21-11-13-26(3)19(7-8-20(26)24(21)25(18)34)16(2)6-9-23(33)35-15-28(29,30)31/h5,16-17,19-22,24,32H,6-15H2,1-4H3/t16-,17-,19-,20+,21+,22+,24+,26-,27-/m1/s1. The second kappa shape index (κ2) is 10.1. The molecule has 0 spiro atoms. The lowest BCUT2D eigenvalue weighted by atomic mass is 9.43. The van der Waals surface area contributed by atoms with E-state index in [1.165, 1.54) is 0 Å². The van der Waals surface area contributed by atoms with Crippen LogP contribution in [0.5, 0.6) is 0 Å². The first-order chi connectivity index (χ1) is 16.3. The predicted molar refractivity (Wildman–Crippen MR) is 140 cm³/mol. The third-order valence-electron chi connectivity index (χ3n) is 10.7. The number of hydrogen-bond acceptors (Lipinski definition) is 4. The first kappa shape index (κ1) is 27.7. The summed E-state index contributed by atoms with van der Waals surface area (Å²) in [7, 11) is 0. The second-order valence-corrected chi connectivity index (χ2v) is 14.9. The van der Waals surface area contributed by atoms with Crippen molar-refractivity contribution < 1.29 is 19.4 Å². The highest BCUT2D eigenvalue weighted by Gasteiger charge is 2.64. The fourth-order valence-electron chi connectivity index (χ4n) is 8.95. The molecule has 4 rings (SSSR count). The number of hydrogen-bond donors (Lipinski definition) is 1. The minimum atomic E-state index is -1.59. The third-order valence-corrected chi connectivity index (χ3v) is 11.0. The van der Waals surface area contributed by atoms with E-state index in [2.05, 4.69) is 20.8 Å². The van der Waals surface area contributed by atoms with Gasteiger partial charge in [-0.3, -0.25) is 9.59 Å². The molecule has 1 N–H and O–H groups in total. The van der Waals surface area contributed by atoms with Gasteiger partial charge in [-0.05, 0) is 104 Å². The normalized spacial score (nSPS) is 43.3. The largest absolute Gasteiger partial charge is 0.461 e. The van der Waals surface area contributed by atoms with Gasteiger partial charge in [-0.1, -0.05) is 61.7 Å². The van der Waals surface area contributed by atoms with E-state index in [9.17, 15) is 14.7 Å². The summed E-state index contributed by atoms with van der Waals surface area (Å²) in [5.41, 5.74) is 1.18. The number of Topliss-reactive ketones (excluding diaryl/α,β-unsaturated/α-hetero) is 1. The van der Waals surface area contributed by atoms with Gasteiger partial charge in [0, 0.05) is 12.3 Å². The molecule has 4 saturated carbocycles. The summed E-state index contributed by atoms with van der Waals surface area (Å²) in [5.74, 6) is 1.92. The molecule has 35 heavy (non-hydrogen) atoms. The minimum Gasteiger partial charge on any atom is -0.461 e. The van der Waals surface area contributed by atoms with Gasteiger partial charge >= 0.3 is 5.97 Å². The number of aliphatic hydroxyl groups is 1. The van der Waals surface area contributed by atoms with E-state index in [0.717, 1.165) is 56.9 Å². The van der Waals surface area contributed by atoms with Gasteiger partial charge < -0.3 is 9.84 Å². The van der Waals surface area contributed by atoms with Crippen LogP contribution in [0.4, 0.5) is 0 Å². The Hall–Kier alpha value is -0.290. The molecule has 0 saturated heterocycles. The number of carbonyl (C=O) groups excluding carboxylic acids is 2. The second-order valence-electron chi connectivity index (χ2n) is 12.4. The molecule has 0 unspecified atom stereocenters. The van der Waals surface area contributed by atoms with E-state index >= 15 is 0 Å². The zero-order valence-electron chi connectivity index (χ0n) is 21.5. The van der Waals surface area contributed by atoms with Crippen LogP contribution in [0, 0.1) is 46.3 Å². The topological polar surface area (TPSA) is 63.6 Å².